The van der Waals surface area contributed by atoms with Gasteiger partial charge in [-0.15, -0.1) is 0 Å². The van der Waals surface area contributed by atoms with E-state index in [2.05, 4.69) is 11.8 Å². The molecule has 0 aromatic heterocycles. The molecule has 2 aromatic carbocycles. The number of hydrogen-bond acceptors (Lipinski definition) is 4. The van der Waals surface area contributed by atoms with Crippen molar-refractivity contribution in [2.75, 3.05) is 13.1 Å². The fourth-order valence-electron chi connectivity index (χ4n) is 4.17. The maximum absolute atomic E-state index is 13.1. The van der Waals surface area contributed by atoms with Gasteiger partial charge < -0.3 is 9.84 Å². The maximum atomic E-state index is 13.1. The summed E-state index contributed by atoms with van der Waals surface area (Å²) in [5.74, 6) is 1.16. The van der Waals surface area contributed by atoms with Crippen LogP contribution in [0.15, 0.2) is 30.0 Å². The number of ketones is 1. The number of fused-ring (bicyclic) bond motifs is 1. The molecule has 0 saturated carbocycles. The van der Waals surface area contributed by atoms with Gasteiger partial charge in [0.15, 0.2) is 5.76 Å². The van der Waals surface area contributed by atoms with Crippen molar-refractivity contribution in [2.45, 2.75) is 33.2 Å². The summed E-state index contributed by atoms with van der Waals surface area (Å²) in [7, 11) is 0. The molecule has 1 atom stereocenters. The van der Waals surface area contributed by atoms with Gasteiger partial charge in [-0.25, -0.2) is 0 Å². The summed E-state index contributed by atoms with van der Waals surface area (Å²) in [6, 6.07) is 6.83. The van der Waals surface area contributed by atoms with Crippen LogP contribution in [0.3, 0.4) is 0 Å². The van der Waals surface area contributed by atoms with Gasteiger partial charge in [0.1, 0.15) is 11.5 Å². The van der Waals surface area contributed by atoms with Gasteiger partial charge in [-0.05, 0) is 62.1 Å². The molecule has 6 heteroatoms. The molecule has 1 unspecified atom stereocenters. The summed E-state index contributed by atoms with van der Waals surface area (Å²) < 4.78 is 6.00. The second kappa shape index (κ2) is 8.02. The Labute approximate surface area is 180 Å². The Hall–Kier alpha value is -2.01. The SMILES string of the molecule is Cc1cc(O)c(CN2CCCC(C)C2)c2c1C(=O)/C(=C\c1c(Cl)cccc1Cl)O2. The number of aryl methyl sites for hydroxylation is 1. The van der Waals surface area contributed by atoms with Gasteiger partial charge in [-0.3, -0.25) is 9.69 Å². The van der Waals surface area contributed by atoms with Crippen LogP contribution in [0.4, 0.5) is 0 Å². The normalized spacial score (nSPS) is 20.8. The van der Waals surface area contributed by atoms with E-state index in [0.29, 0.717) is 50.5 Å². The van der Waals surface area contributed by atoms with Crippen molar-refractivity contribution >= 4 is 35.1 Å². The van der Waals surface area contributed by atoms with Crippen LogP contribution in [0.2, 0.25) is 10.0 Å². The average molecular weight is 432 g/mol. The van der Waals surface area contributed by atoms with E-state index in [4.69, 9.17) is 27.9 Å². The molecule has 1 N–H and O–H groups in total. The molecule has 0 amide bonds. The average Bonchev–Trinajstić information content (AvgIpc) is 2.98. The van der Waals surface area contributed by atoms with E-state index in [9.17, 15) is 9.90 Å². The molecule has 4 rings (SSSR count). The quantitative estimate of drug-likeness (QED) is 0.618. The van der Waals surface area contributed by atoms with Gasteiger partial charge in [0.05, 0.1) is 11.1 Å². The molecule has 0 aliphatic carbocycles. The zero-order valence-electron chi connectivity index (χ0n) is 16.5. The van der Waals surface area contributed by atoms with Gasteiger partial charge in [-0.2, -0.15) is 0 Å². The summed E-state index contributed by atoms with van der Waals surface area (Å²) in [5.41, 5.74) is 2.38. The molecule has 152 valence electrons. The predicted octanol–water partition coefficient (Wildman–Crippen LogP) is 5.86. The van der Waals surface area contributed by atoms with Crippen LogP contribution in [-0.2, 0) is 6.54 Å². The highest BCUT2D eigenvalue weighted by atomic mass is 35.5. The van der Waals surface area contributed by atoms with Crippen molar-refractivity contribution in [2.24, 2.45) is 5.92 Å². The monoisotopic (exact) mass is 431 g/mol. The smallest absolute Gasteiger partial charge is 0.232 e. The van der Waals surface area contributed by atoms with Crippen LogP contribution in [0.25, 0.3) is 6.08 Å². The number of rotatable bonds is 3. The van der Waals surface area contributed by atoms with Crippen molar-refractivity contribution in [1.82, 2.24) is 4.90 Å². The number of nitrogens with zero attached hydrogens (tertiary/aromatic N) is 1. The molecule has 29 heavy (non-hydrogen) atoms. The second-order valence-corrected chi connectivity index (χ2v) is 8.77. The van der Waals surface area contributed by atoms with Crippen LogP contribution in [0.5, 0.6) is 11.5 Å². The topological polar surface area (TPSA) is 49.8 Å². The summed E-state index contributed by atoms with van der Waals surface area (Å²) >= 11 is 12.5. The van der Waals surface area contributed by atoms with E-state index >= 15 is 0 Å². The number of phenolic OH excluding ortho intramolecular Hbond substituents is 1. The first-order chi connectivity index (χ1) is 13.8. The largest absolute Gasteiger partial charge is 0.507 e. The van der Waals surface area contributed by atoms with E-state index in [0.717, 1.165) is 19.5 Å². The van der Waals surface area contributed by atoms with Gasteiger partial charge in [0.25, 0.3) is 0 Å². The van der Waals surface area contributed by atoms with E-state index in [1.54, 1.807) is 37.3 Å². The molecular weight excluding hydrogens is 409 g/mol. The van der Waals surface area contributed by atoms with Crippen molar-refractivity contribution in [3.63, 3.8) is 0 Å². The molecule has 0 radical (unpaired) electrons. The number of allylic oxidation sites excluding steroid dienone is 1. The standard InChI is InChI=1S/C23H23Cl2NO3/c1-13-5-4-8-26(11-13)12-16-19(27)9-14(2)21-22(28)20(29-23(16)21)10-15-17(24)6-3-7-18(15)25/h3,6-7,9-10,13,27H,4-5,8,11-12H2,1-2H3/b20-10+. The van der Waals surface area contributed by atoms with Crippen LogP contribution >= 0.6 is 23.2 Å². The number of piperidine rings is 1. The summed E-state index contributed by atoms with van der Waals surface area (Å²) in [6.45, 7) is 6.52. The van der Waals surface area contributed by atoms with Crippen LogP contribution in [0.1, 0.15) is 46.8 Å². The van der Waals surface area contributed by atoms with E-state index in [-0.39, 0.29) is 17.3 Å². The fourth-order valence-corrected chi connectivity index (χ4v) is 4.67. The highest BCUT2D eigenvalue weighted by Gasteiger charge is 2.34. The van der Waals surface area contributed by atoms with E-state index < -0.39 is 0 Å². The first-order valence-corrected chi connectivity index (χ1v) is 10.6. The van der Waals surface area contributed by atoms with Gasteiger partial charge >= 0.3 is 0 Å². The molecule has 2 aromatic rings. The Morgan fingerprint density at radius 3 is 2.72 bits per heavy atom. The summed E-state index contributed by atoms with van der Waals surface area (Å²) in [5, 5.41) is 11.5. The minimum Gasteiger partial charge on any atom is -0.507 e. The van der Waals surface area contributed by atoms with Crippen LogP contribution in [0, 0.1) is 12.8 Å². The molecule has 4 nitrogen and oxygen atoms in total. The third-order valence-electron chi connectivity index (χ3n) is 5.62. The van der Waals surface area contributed by atoms with E-state index in [1.165, 1.54) is 6.42 Å². The number of ether oxygens (including phenoxy) is 1. The Balaban J connectivity index is 1.73. The molecule has 0 bridgehead atoms. The van der Waals surface area contributed by atoms with Gasteiger partial charge in [0, 0.05) is 28.7 Å². The molecule has 2 aliphatic rings. The summed E-state index contributed by atoms with van der Waals surface area (Å²) in [4.78, 5) is 15.4. The van der Waals surface area contributed by atoms with Gasteiger partial charge in [-0.1, -0.05) is 36.2 Å². The Bertz CT molecular complexity index is 995. The number of aromatic hydroxyl groups is 1. The highest BCUT2D eigenvalue weighted by Crippen LogP contribution is 2.43. The van der Waals surface area contributed by atoms with Crippen molar-refractivity contribution in [3.05, 3.63) is 62.3 Å². The number of hydrogen-bond donors (Lipinski definition) is 1. The van der Waals surface area contributed by atoms with Crippen molar-refractivity contribution in [3.8, 4) is 11.5 Å². The predicted molar refractivity (Wildman–Crippen MR) is 116 cm³/mol. The number of Topliss-reactive ketones (excluding diaryl/α,β-unsaturated/α-hetero) is 1. The number of benzene rings is 2. The zero-order valence-corrected chi connectivity index (χ0v) is 18.0. The Morgan fingerprint density at radius 1 is 1.31 bits per heavy atom. The number of phenols is 1. The van der Waals surface area contributed by atoms with Crippen LogP contribution in [-0.4, -0.2) is 28.9 Å². The molecule has 2 heterocycles. The maximum Gasteiger partial charge on any atom is 0.232 e. The van der Waals surface area contributed by atoms with Crippen molar-refractivity contribution in [1.29, 1.82) is 0 Å². The molecule has 1 fully saturated rings. The zero-order chi connectivity index (χ0) is 20.7. The third kappa shape index (κ3) is 3.89. The number of carbonyl (C=O) groups is 1. The van der Waals surface area contributed by atoms with Crippen LogP contribution < -0.4 is 4.74 Å². The number of halogens is 2. The number of likely N-dealkylation sites (tertiary alicyclic amines) is 1. The minimum atomic E-state index is -0.221. The fraction of sp³-hybridized carbons (Fsp3) is 0.348. The summed E-state index contributed by atoms with van der Waals surface area (Å²) in [6.07, 6.45) is 3.93. The van der Waals surface area contributed by atoms with Gasteiger partial charge in [0.2, 0.25) is 5.78 Å². The third-order valence-corrected chi connectivity index (χ3v) is 6.28. The van der Waals surface area contributed by atoms with E-state index in [1.807, 2.05) is 0 Å². The minimum absolute atomic E-state index is 0.157. The lowest BCUT2D eigenvalue weighted by Crippen LogP contribution is -2.33. The molecule has 2 aliphatic heterocycles. The lowest BCUT2D eigenvalue weighted by atomic mass is 9.97. The molecule has 1 saturated heterocycles. The lowest BCUT2D eigenvalue weighted by molar-refractivity contribution is 0.101. The first-order valence-electron chi connectivity index (χ1n) is 9.81. The molecular formula is C23H23Cl2NO3. The van der Waals surface area contributed by atoms with Crippen molar-refractivity contribution < 1.29 is 14.6 Å². The first kappa shape index (κ1) is 20.3. The lowest BCUT2D eigenvalue weighted by Gasteiger charge is -2.31. The highest BCUT2D eigenvalue weighted by molar-refractivity contribution is 6.37. The number of carbonyl (C=O) groups excluding carboxylic acids is 1. The second-order valence-electron chi connectivity index (χ2n) is 7.95. The molecule has 0 spiro atoms. The Kier molecular flexibility index (Phi) is 5.60. The Morgan fingerprint density at radius 2 is 2.03 bits per heavy atom.